The summed E-state index contributed by atoms with van der Waals surface area (Å²) >= 11 is 0. The Morgan fingerprint density at radius 1 is 1.39 bits per heavy atom. The molecule has 28 heavy (non-hydrogen) atoms. The lowest BCUT2D eigenvalue weighted by Gasteiger charge is -2.34. The predicted molar refractivity (Wildman–Crippen MR) is 111 cm³/mol. The van der Waals surface area contributed by atoms with Crippen molar-refractivity contribution in [3.8, 4) is 5.75 Å². The molecule has 3 rings (SSSR count). The average molecular weight is 386 g/mol. The second-order valence-corrected chi connectivity index (χ2v) is 6.92. The molecule has 1 aromatic carbocycles. The molecule has 0 amide bonds. The number of aryl methyl sites for hydroxylation is 1. The quantitative estimate of drug-likeness (QED) is 0.586. The van der Waals surface area contributed by atoms with Crippen molar-refractivity contribution in [3.05, 3.63) is 47.8 Å². The van der Waals surface area contributed by atoms with Gasteiger partial charge in [0.2, 0.25) is 0 Å². The van der Waals surface area contributed by atoms with E-state index in [1.54, 1.807) is 0 Å². The number of ether oxygens (including phenoxy) is 2. The van der Waals surface area contributed by atoms with E-state index in [1.807, 2.05) is 36.3 Å². The van der Waals surface area contributed by atoms with Gasteiger partial charge in [-0.3, -0.25) is 4.68 Å². The van der Waals surface area contributed by atoms with E-state index < -0.39 is 0 Å². The molecule has 1 fully saturated rings. The lowest BCUT2D eigenvalue weighted by molar-refractivity contribution is -0.00805. The summed E-state index contributed by atoms with van der Waals surface area (Å²) in [6.07, 6.45) is 4.90. The Morgan fingerprint density at radius 2 is 2.29 bits per heavy atom. The number of hydrogen-bond acceptors (Lipinski definition) is 4. The van der Waals surface area contributed by atoms with Gasteiger partial charge < -0.3 is 19.7 Å². The second-order valence-electron chi connectivity index (χ2n) is 6.92. The van der Waals surface area contributed by atoms with Crippen molar-refractivity contribution in [1.29, 1.82) is 0 Å². The zero-order valence-electron chi connectivity index (χ0n) is 17.1. The van der Waals surface area contributed by atoms with Gasteiger partial charge in [-0.1, -0.05) is 19.1 Å². The minimum absolute atomic E-state index is 0.0112. The topological polar surface area (TPSA) is 63.9 Å². The van der Waals surface area contributed by atoms with Gasteiger partial charge in [0.1, 0.15) is 11.9 Å². The van der Waals surface area contributed by atoms with Crippen LogP contribution in [0.25, 0.3) is 0 Å². The Labute approximate surface area is 167 Å². The van der Waals surface area contributed by atoms with Crippen LogP contribution in [0.1, 0.15) is 37.5 Å². The number of benzene rings is 1. The Balaban J connectivity index is 1.68. The Morgan fingerprint density at radius 3 is 3.04 bits per heavy atom. The van der Waals surface area contributed by atoms with Crippen molar-refractivity contribution in [2.24, 2.45) is 12.0 Å². The minimum atomic E-state index is 0.0112. The number of hydrogen-bond donors (Lipinski definition) is 1. The molecule has 7 nitrogen and oxygen atoms in total. The Hall–Kier alpha value is -2.54. The summed E-state index contributed by atoms with van der Waals surface area (Å²) in [5.74, 6) is 1.82. The maximum Gasteiger partial charge on any atom is 0.194 e. The number of aliphatic imine (C=N–C) groups is 1. The average Bonchev–Trinajstić information content (AvgIpc) is 3.16. The van der Waals surface area contributed by atoms with E-state index in [2.05, 4.69) is 41.3 Å². The molecule has 2 heterocycles. The van der Waals surface area contributed by atoms with Crippen LogP contribution < -0.4 is 10.1 Å². The fourth-order valence-electron chi connectivity index (χ4n) is 3.20. The minimum Gasteiger partial charge on any atom is -0.494 e. The van der Waals surface area contributed by atoms with Crippen molar-refractivity contribution in [3.63, 3.8) is 0 Å². The first kappa shape index (κ1) is 20.2. The van der Waals surface area contributed by atoms with Crippen molar-refractivity contribution >= 4 is 5.96 Å². The number of nitrogens with one attached hydrogen (secondary N) is 1. The van der Waals surface area contributed by atoms with Crippen LogP contribution in [0.15, 0.2) is 41.7 Å². The third-order valence-corrected chi connectivity index (χ3v) is 4.58. The molecular weight excluding hydrogens is 354 g/mol. The normalized spacial score (nSPS) is 17.6. The summed E-state index contributed by atoms with van der Waals surface area (Å²) in [4.78, 5) is 7.13. The molecular formula is C21H31N5O2. The van der Waals surface area contributed by atoms with E-state index in [1.165, 1.54) is 0 Å². The third kappa shape index (κ3) is 5.48. The van der Waals surface area contributed by atoms with Crippen LogP contribution in [0.4, 0.5) is 0 Å². The first-order valence-corrected chi connectivity index (χ1v) is 10.0. The Kier molecular flexibility index (Phi) is 7.31. The summed E-state index contributed by atoms with van der Waals surface area (Å²) in [7, 11) is 1.92. The van der Waals surface area contributed by atoms with Crippen LogP contribution in [0.5, 0.6) is 5.75 Å². The SMILES string of the molecule is CCCOc1cccc(CN=C(NCC)N2CCOC(c3cnn(C)c3)C2)c1. The van der Waals surface area contributed by atoms with Crippen molar-refractivity contribution < 1.29 is 9.47 Å². The van der Waals surface area contributed by atoms with Gasteiger partial charge in [-0.15, -0.1) is 0 Å². The van der Waals surface area contributed by atoms with Gasteiger partial charge in [0.25, 0.3) is 0 Å². The molecule has 1 N–H and O–H groups in total. The lowest BCUT2D eigenvalue weighted by Crippen LogP contribution is -2.48. The maximum atomic E-state index is 5.96. The number of nitrogens with zero attached hydrogens (tertiary/aromatic N) is 4. The number of aromatic nitrogens is 2. The van der Waals surface area contributed by atoms with Gasteiger partial charge in [-0.25, -0.2) is 4.99 Å². The molecule has 0 radical (unpaired) electrons. The van der Waals surface area contributed by atoms with Crippen LogP contribution in [0.3, 0.4) is 0 Å². The van der Waals surface area contributed by atoms with Crippen molar-refractivity contribution in [2.45, 2.75) is 32.9 Å². The van der Waals surface area contributed by atoms with E-state index in [0.717, 1.165) is 55.5 Å². The van der Waals surface area contributed by atoms with Gasteiger partial charge in [0.05, 0.1) is 32.5 Å². The Bertz CT molecular complexity index is 774. The van der Waals surface area contributed by atoms with Crippen molar-refractivity contribution in [2.75, 3.05) is 32.8 Å². The molecule has 0 saturated carbocycles. The predicted octanol–water partition coefficient (Wildman–Crippen LogP) is 2.75. The molecule has 152 valence electrons. The highest BCUT2D eigenvalue weighted by atomic mass is 16.5. The molecule has 0 spiro atoms. The smallest absolute Gasteiger partial charge is 0.194 e. The van der Waals surface area contributed by atoms with E-state index in [4.69, 9.17) is 14.5 Å². The zero-order valence-corrected chi connectivity index (χ0v) is 17.1. The van der Waals surface area contributed by atoms with Gasteiger partial charge in [-0.05, 0) is 31.0 Å². The largest absolute Gasteiger partial charge is 0.494 e. The molecule has 1 atom stereocenters. The van der Waals surface area contributed by atoms with Crippen LogP contribution in [0, 0.1) is 0 Å². The van der Waals surface area contributed by atoms with Crippen LogP contribution in [-0.4, -0.2) is 53.5 Å². The standard InChI is InChI=1S/C21H31N5O2/c1-4-10-27-19-8-6-7-17(12-19)13-23-21(22-5-2)26-9-11-28-20(16-26)18-14-24-25(3)15-18/h6-8,12,14-15,20H,4-5,9-11,13,16H2,1-3H3,(H,22,23). The van der Waals surface area contributed by atoms with E-state index in [-0.39, 0.29) is 6.10 Å². The summed E-state index contributed by atoms with van der Waals surface area (Å²) in [5, 5.41) is 7.68. The lowest BCUT2D eigenvalue weighted by atomic mass is 10.1. The monoisotopic (exact) mass is 385 g/mol. The number of rotatable bonds is 7. The molecule has 1 saturated heterocycles. The van der Waals surface area contributed by atoms with Crippen LogP contribution >= 0.6 is 0 Å². The summed E-state index contributed by atoms with van der Waals surface area (Å²) in [6.45, 7) is 8.63. The molecule has 0 aliphatic carbocycles. The molecule has 0 bridgehead atoms. The number of guanidine groups is 1. The van der Waals surface area contributed by atoms with E-state index >= 15 is 0 Å². The molecule has 1 unspecified atom stereocenters. The summed E-state index contributed by atoms with van der Waals surface area (Å²) < 4.78 is 13.5. The zero-order chi connectivity index (χ0) is 19.8. The third-order valence-electron chi connectivity index (χ3n) is 4.58. The summed E-state index contributed by atoms with van der Waals surface area (Å²) in [6, 6.07) is 8.18. The maximum absolute atomic E-state index is 5.96. The van der Waals surface area contributed by atoms with Crippen molar-refractivity contribution in [1.82, 2.24) is 20.0 Å². The molecule has 2 aromatic rings. The van der Waals surface area contributed by atoms with Gasteiger partial charge >= 0.3 is 0 Å². The fraction of sp³-hybridized carbons (Fsp3) is 0.524. The first-order valence-electron chi connectivity index (χ1n) is 10.0. The molecule has 1 aromatic heterocycles. The highest BCUT2D eigenvalue weighted by Gasteiger charge is 2.25. The second kappa shape index (κ2) is 10.1. The van der Waals surface area contributed by atoms with E-state index in [9.17, 15) is 0 Å². The van der Waals surface area contributed by atoms with E-state index in [0.29, 0.717) is 13.2 Å². The van der Waals surface area contributed by atoms with Gasteiger partial charge in [0.15, 0.2) is 5.96 Å². The van der Waals surface area contributed by atoms with Crippen LogP contribution in [-0.2, 0) is 18.3 Å². The fourth-order valence-corrected chi connectivity index (χ4v) is 3.20. The highest BCUT2D eigenvalue weighted by Crippen LogP contribution is 2.22. The molecule has 1 aliphatic rings. The molecule has 1 aliphatic heterocycles. The van der Waals surface area contributed by atoms with Crippen LogP contribution in [0.2, 0.25) is 0 Å². The van der Waals surface area contributed by atoms with Gasteiger partial charge in [-0.2, -0.15) is 5.10 Å². The summed E-state index contributed by atoms with van der Waals surface area (Å²) in [5.41, 5.74) is 2.24. The first-order chi connectivity index (χ1) is 13.7. The number of morpholine rings is 1. The highest BCUT2D eigenvalue weighted by molar-refractivity contribution is 5.80. The molecule has 7 heteroatoms. The van der Waals surface area contributed by atoms with Gasteiger partial charge in [0, 0.05) is 31.9 Å².